The molecule has 2 rings (SSSR count). The normalized spacial score (nSPS) is 10.6. The van der Waals surface area contributed by atoms with Gasteiger partial charge in [-0.05, 0) is 26.2 Å². The molecule has 1 aromatic carbocycles. The van der Waals surface area contributed by atoms with E-state index in [4.69, 9.17) is 0 Å². The van der Waals surface area contributed by atoms with Gasteiger partial charge in [0.05, 0.1) is 0 Å². The predicted octanol–water partition coefficient (Wildman–Crippen LogP) is 2.32. The van der Waals surface area contributed by atoms with E-state index in [1.807, 2.05) is 47.8 Å². The van der Waals surface area contributed by atoms with Gasteiger partial charge in [-0.15, -0.1) is 12.4 Å². The first-order valence-corrected chi connectivity index (χ1v) is 5.56. The Kier molecular flexibility index (Phi) is 4.76. The lowest BCUT2D eigenvalue weighted by Gasteiger charge is -2.12. The first-order chi connectivity index (χ1) is 8.09. The molecule has 2 aromatic rings. The third-order valence-corrected chi connectivity index (χ3v) is 2.80. The number of hydrogen-bond donors (Lipinski definition) is 1. The maximum absolute atomic E-state index is 11.2. The number of carboxylic acids is 1. The Labute approximate surface area is 112 Å². The topological polar surface area (TPSA) is 45.5 Å². The van der Waals surface area contributed by atoms with Gasteiger partial charge in [0.25, 0.3) is 0 Å². The van der Waals surface area contributed by atoms with Crippen LogP contribution in [0.2, 0.25) is 0 Å². The van der Waals surface area contributed by atoms with Crippen molar-refractivity contribution in [2.45, 2.75) is 6.54 Å². The van der Waals surface area contributed by atoms with Crippen LogP contribution in [0.4, 0.5) is 0 Å². The molecule has 0 fully saturated rings. The standard InChI is InChI=1S/C13H16N2O2.ClH/c1-14(2)7-8-15-11-6-4-3-5-10(11)9-12(15)13(16)17;/h3-6,9H,7-8H2,1-2H3,(H,16,17);1H. The number of hydrogen-bond acceptors (Lipinski definition) is 2. The fourth-order valence-corrected chi connectivity index (χ4v) is 1.93. The van der Waals surface area contributed by atoms with Gasteiger partial charge in [0.15, 0.2) is 0 Å². The molecule has 18 heavy (non-hydrogen) atoms. The van der Waals surface area contributed by atoms with Crippen LogP contribution in [0.25, 0.3) is 10.9 Å². The minimum Gasteiger partial charge on any atom is -0.477 e. The maximum atomic E-state index is 11.2. The molecule has 0 bridgehead atoms. The molecular weight excluding hydrogens is 252 g/mol. The summed E-state index contributed by atoms with van der Waals surface area (Å²) in [7, 11) is 3.96. The average Bonchev–Trinajstić information content (AvgIpc) is 2.65. The Bertz CT molecular complexity index is 549. The van der Waals surface area contributed by atoms with E-state index >= 15 is 0 Å². The van der Waals surface area contributed by atoms with E-state index in [2.05, 4.69) is 0 Å². The van der Waals surface area contributed by atoms with Crippen LogP contribution in [-0.2, 0) is 6.54 Å². The van der Waals surface area contributed by atoms with Gasteiger partial charge < -0.3 is 14.6 Å². The van der Waals surface area contributed by atoms with Crippen molar-refractivity contribution in [2.24, 2.45) is 0 Å². The molecule has 0 atom stereocenters. The van der Waals surface area contributed by atoms with Gasteiger partial charge in [-0.1, -0.05) is 18.2 Å². The van der Waals surface area contributed by atoms with E-state index in [0.717, 1.165) is 17.4 Å². The first kappa shape index (κ1) is 14.5. The molecule has 0 aliphatic heterocycles. The number of likely N-dealkylation sites (N-methyl/N-ethyl adjacent to an activating group) is 1. The summed E-state index contributed by atoms with van der Waals surface area (Å²) in [6.07, 6.45) is 0. The molecule has 5 heteroatoms. The van der Waals surface area contributed by atoms with E-state index in [-0.39, 0.29) is 12.4 Å². The summed E-state index contributed by atoms with van der Waals surface area (Å²) < 4.78 is 1.86. The first-order valence-electron chi connectivity index (χ1n) is 5.56. The Morgan fingerprint density at radius 1 is 1.33 bits per heavy atom. The third-order valence-electron chi connectivity index (χ3n) is 2.80. The van der Waals surface area contributed by atoms with E-state index < -0.39 is 5.97 Å². The highest BCUT2D eigenvalue weighted by molar-refractivity contribution is 5.94. The predicted molar refractivity (Wildman–Crippen MR) is 74.7 cm³/mol. The molecule has 0 radical (unpaired) electrons. The van der Waals surface area contributed by atoms with E-state index in [9.17, 15) is 9.90 Å². The van der Waals surface area contributed by atoms with Crippen LogP contribution in [0.1, 0.15) is 10.5 Å². The summed E-state index contributed by atoms with van der Waals surface area (Å²) >= 11 is 0. The summed E-state index contributed by atoms with van der Waals surface area (Å²) in [6, 6.07) is 9.48. The molecule has 1 N–H and O–H groups in total. The largest absolute Gasteiger partial charge is 0.477 e. The monoisotopic (exact) mass is 268 g/mol. The quantitative estimate of drug-likeness (QED) is 0.926. The van der Waals surface area contributed by atoms with Crippen molar-refractivity contribution in [1.82, 2.24) is 9.47 Å². The number of halogens is 1. The lowest BCUT2D eigenvalue weighted by molar-refractivity contribution is 0.0685. The molecule has 1 aromatic heterocycles. The second-order valence-electron chi connectivity index (χ2n) is 4.35. The Hall–Kier alpha value is -1.52. The number of fused-ring (bicyclic) bond motifs is 1. The van der Waals surface area contributed by atoms with Crippen LogP contribution in [0.3, 0.4) is 0 Å². The minimum absolute atomic E-state index is 0. The molecule has 0 aliphatic rings. The molecule has 0 aliphatic carbocycles. The van der Waals surface area contributed by atoms with Crippen LogP contribution >= 0.6 is 12.4 Å². The fraction of sp³-hybridized carbons (Fsp3) is 0.308. The molecule has 98 valence electrons. The van der Waals surface area contributed by atoms with Crippen molar-refractivity contribution in [1.29, 1.82) is 0 Å². The average molecular weight is 269 g/mol. The Balaban J connectivity index is 0.00000162. The van der Waals surface area contributed by atoms with E-state index in [1.165, 1.54) is 0 Å². The van der Waals surface area contributed by atoms with Crippen molar-refractivity contribution in [3.63, 3.8) is 0 Å². The highest BCUT2D eigenvalue weighted by Crippen LogP contribution is 2.19. The second-order valence-corrected chi connectivity index (χ2v) is 4.35. The van der Waals surface area contributed by atoms with Crippen molar-refractivity contribution in [3.05, 3.63) is 36.0 Å². The van der Waals surface area contributed by atoms with Gasteiger partial charge in [-0.3, -0.25) is 0 Å². The van der Waals surface area contributed by atoms with E-state index in [0.29, 0.717) is 12.2 Å². The number of aromatic nitrogens is 1. The van der Waals surface area contributed by atoms with Crippen LogP contribution in [0.5, 0.6) is 0 Å². The van der Waals surface area contributed by atoms with Crippen molar-refractivity contribution in [2.75, 3.05) is 20.6 Å². The summed E-state index contributed by atoms with van der Waals surface area (Å²) in [4.78, 5) is 13.2. The number of benzene rings is 1. The van der Waals surface area contributed by atoms with Gasteiger partial charge in [-0.25, -0.2) is 4.79 Å². The summed E-state index contributed by atoms with van der Waals surface area (Å²) in [5, 5.41) is 10.2. The van der Waals surface area contributed by atoms with Gasteiger partial charge in [0.1, 0.15) is 5.69 Å². The smallest absolute Gasteiger partial charge is 0.352 e. The highest BCUT2D eigenvalue weighted by Gasteiger charge is 2.13. The molecule has 0 saturated carbocycles. The number of carboxylic acid groups (broad SMARTS) is 1. The van der Waals surface area contributed by atoms with E-state index in [1.54, 1.807) is 6.07 Å². The fourth-order valence-electron chi connectivity index (χ4n) is 1.93. The van der Waals surface area contributed by atoms with Crippen molar-refractivity contribution < 1.29 is 9.90 Å². The molecule has 4 nitrogen and oxygen atoms in total. The highest BCUT2D eigenvalue weighted by atomic mass is 35.5. The number of nitrogens with zero attached hydrogens (tertiary/aromatic N) is 2. The lowest BCUT2D eigenvalue weighted by atomic mass is 10.2. The van der Waals surface area contributed by atoms with Gasteiger partial charge >= 0.3 is 5.97 Å². The van der Waals surface area contributed by atoms with Crippen molar-refractivity contribution in [3.8, 4) is 0 Å². The molecule has 0 spiro atoms. The maximum Gasteiger partial charge on any atom is 0.352 e. The zero-order chi connectivity index (χ0) is 12.4. The summed E-state index contributed by atoms with van der Waals surface area (Å²) in [6.45, 7) is 1.50. The molecule has 1 heterocycles. The third kappa shape index (κ3) is 2.83. The van der Waals surface area contributed by atoms with Gasteiger partial charge in [0, 0.05) is 24.0 Å². The van der Waals surface area contributed by atoms with Crippen LogP contribution in [0, 0.1) is 0 Å². The number of aromatic carboxylic acids is 1. The zero-order valence-electron chi connectivity index (χ0n) is 10.5. The number of para-hydroxylation sites is 1. The van der Waals surface area contributed by atoms with Crippen LogP contribution in [-0.4, -0.2) is 41.2 Å². The van der Waals surface area contributed by atoms with Gasteiger partial charge in [0.2, 0.25) is 0 Å². The molecule has 0 unspecified atom stereocenters. The zero-order valence-corrected chi connectivity index (χ0v) is 11.3. The van der Waals surface area contributed by atoms with Crippen LogP contribution < -0.4 is 0 Å². The molecular formula is C13H17ClN2O2. The Morgan fingerprint density at radius 2 is 2.00 bits per heavy atom. The number of carbonyl (C=O) groups is 1. The Morgan fingerprint density at radius 3 is 2.61 bits per heavy atom. The second kappa shape index (κ2) is 5.89. The van der Waals surface area contributed by atoms with Gasteiger partial charge in [-0.2, -0.15) is 0 Å². The summed E-state index contributed by atoms with van der Waals surface area (Å²) in [5.41, 5.74) is 1.33. The molecule has 0 saturated heterocycles. The SMILES string of the molecule is CN(C)CCn1c(C(=O)O)cc2ccccc21.Cl. The lowest BCUT2D eigenvalue weighted by Crippen LogP contribution is -2.20. The van der Waals surface area contributed by atoms with Crippen molar-refractivity contribution >= 4 is 29.3 Å². The number of rotatable bonds is 4. The molecule has 0 amide bonds. The summed E-state index contributed by atoms with van der Waals surface area (Å²) in [5.74, 6) is -0.875. The minimum atomic E-state index is -0.875. The van der Waals surface area contributed by atoms with Crippen LogP contribution in [0.15, 0.2) is 30.3 Å².